The van der Waals surface area contributed by atoms with Crippen molar-refractivity contribution >= 4 is 11.9 Å². The number of carbonyl (C=O) groups excluding carboxylic acids is 2. The Bertz CT molecular complexity index is 1060. The second kappa shape index (κ2) is 10.2. The Morgan fingerprint density at radius 2 is 1.57 bits per heavy atom. The lowest BCUT2D eigenvalue weighted by Gasteiger charge is -2.43. The van der Waals surface area contributed by atoms with E-state index in [1.54, 1.807) is 21.3 Å². The minimum Gasteiger partial charge on any atom is -0.493 e. The van der Waals surface area contributed by atoms with E-state index in [-0.39, 0.29) is 23.7 Å². The van der Waals surface area contributed by atoms with Crippen molar-refractivity contribution in [3.8, 4) is 17.2 Å². The first-order valence-corrected chi connectivity index (χ1v) is 12.0. The van der Waals surface area contributed by atoms with E-state index >= 15 is 0 Å². The third kappa shape index (κ3) is 3.91. The van der Waals surface area contributed by atoms with E-state index in [2.05, 4.69) is 24.3 Å². The first-order chi connectivity index (χ1) is 17.0. The number of benzene rings is 2. The number of hydrogen-bond acceptors (Lipinski definition) is 7. The van der Waals surface area contributed by atoms with Gasteiger partial charge >= 0.3 is 11.9 Å². The van der Waals surface area contributed by atoms with Gasteiger partial charge in [-0.15, -0.1) is 0 Å². The molecule has 3 atom stereocenters. The summed E-state index contributed by atoms with van der Waals surface area (Å²) in [6, 6.07) is 12.5. The number of hydrogen-bond donors (Lipinski definition) is 0. The fraction of sp³-hybridized carbons (Fsp3) is 0.500. The lowest BCUT2D eigenvalue weighted by Crippen LogP contribution is -2.38. The normalized spacial score (nSPS) is 22.7. The SMILES string of the molecule is COC(=O)C(CC1c2cc(OC)c(OC)c(OC)c2C2(c3ccccc3)CCCCC12)C(=O)OC. The summed E-state index contributed by atoms with van der Waals surface area (Å²) in [7, 11) is 7.45. The highest BCUT2D eigenvalue weighted by Gasteiger charge is 2.57. The molecule has 2 aliphatic carbocycles. The number of ether oxygens (including phenoxy) is 5. The van der Waals surface area contributed by atoms with Crippen LogP contribution in [-0.2, 0) is 24.5 Å². The lowest BCUT2D eigenvalue weighted by molar-refractivity contribution is -0.159. The fourth-order valence-corrected chi connectivity index (χ4v) is 6.56. The zero-order chi connectivity index (χ0) is 25.2. The summed E-state index contributed by atoms with van der Waals surface area (Å²) < 4.78 is 27.5. The zero-order valence-corrected chi connectivity index (χ0v) is 21.1. The van der Waals surface area contributed by atoms with Gasteiger partial charge in [0.25, 0.3) is 0 Å². The molecule has 1 saturated carbocycles. The van der Waals surface area contributed by atoms with Gasteiger partial charge in [-0.05, 0) is 48.3 Å². The summed E-state index contributed by atoms with van der Waals surface area (Å²) in [6.45, 7) is 0. The van der Waals surface area contributed by atoms with Crippen LogP contribution < -0.4 is 14.2 Å². The number of carbonyl (C=O) groups is 2. The molecule has 0 bridgehead atoms. The van der Waals surface area contributed by atoms with Crippen molar-refractivity contribution in [2.45, 2.75) is 43.4 Å². The molecule has 7 nitrogen and oxygen atoms in total. The monoisotopic (exact) mass is 482 g/mol. The van der Waals surface area contributed by atoms with Gasteiger partial charge in [-0.25, -0.2) is 0 Å². The standard InChI is InChI=1S/C28H34O7/c1-31-22-16-19-18(15-20(26(29)34-4)27(30)35-5)21-13-9-10-14-28(21,17-11-7-6-8-12-17)23(19)25(33-3)24(22)32-2/h6-8,11-12,16,18,20-21H,9-10,13-15H2,1-5H3. The topological polar surface area (TPSA) is 80.3 Å². The Balaban J connectivity index is 2.01. The maximum Gasteiger partial charge on any atom is 0.320 e. The number of methoxy groups -OCH3 is 5. The fourth-order valence-electron chi connectivity index (χ4n) is 6.56. The predicted molar refractivity (Wildman–Crippen MR) is 130 cm³/mol. The molecule has 0 N–H and O–H groups in total. The van der Waals surface area contributed by atoms with E-state index in [4.69, 9.17) is 23.7 Å². The molecule has 0 amide bonds. The highest BCUT2D eigenvalue weighted by atomic mass is 16.5. The quantitative estimate of drug-likeness (QED) is 0.401. The van der Waals surface area contributed by atoms with E-state index in [9.17, 15) is 9.59 Å². The Morgan fingerprint density at radius 3 is 2.14 bits per heavy atom. The summed E-state index contributed by atoms with van der Waals surface area (Å²) in [5.41, 5.74) is 2.94. The van der Waals surface area contributed by atoms with Gasteiger partial charge < -0.3 is 23.7 Å². The van der Waals surface area contributed by atoms with E-state index in [0.29, 0.717) is 17.2 Å². The molecule has 2 aromatic carbocycles. The van der Waals surface area contributed by atoms with Crippen molar-refractivity contribution in [2.24, 2.45) is 11.8 Å². The van der Waals surface area contributed by atoms with Crippen molar-refractivity contribution in [3.05, 3.63) is 53.1 Å². The number of fused-ring (bicyclic) bond motifs is 3. The first kappa shape index (κ1) is 24.9. The van der Waals surface area contributed by atoms with E-state index in [1.807, 2.05) is 12.1 Å². The van der Waals surface area contributed by atoms with E-state index in [1.165, 1.54) is 19.8 Å². The van der Waals surface area contributed by atoms with Gasteiger partial charge in [0.1, 0.15) is 0 Å². The Hall–Kier alpha value is -3.22. The molecule has 4 rings (SSSR count). The molecule has 35 heavy (non-hydrogen) atoms. The largest absolute Gasteiger partial charge is 0.493 e. The molecule has 2 aliphatic rings. The Morgan fingerprint density at radius 1 is 0.914 bits per heavy atom. The Labute approximate surface area is 206 Å². The zero-order valence-electron chi connectivity index (χ0n) is 21.1. The van der Waals surface area contributed by atoms with Crippen LogP contribution in [0.15, 0.2) is 36.4 Å². The molecule has 0 saturated heterocycles. The summed E-state index contributed by atoms with van der Waals surface area (Å²) in [5, 5.41) is 0. The van der Waals surface area contributed by atoms with Gasteiger partial charge in [0.05, 0.1) is 35.5 Å². The van der Waals surface area contributed by atoms with Crippen molar-refractivity contribution in [2.75, 3.05) is 35.5 Å². The second-order valence-electron chi connectivity index (χ2n) is 9.24. The highest BCUT2D eigenvalue weighted by molar-refractivity contribution is 5.95. The molecule has 188 valence electrons. The van der Waals surface area contributed by atoms with E-state index < -0.39 is 17.9 Å². The van der Waals surface area contributed by atoms with Gasteiger partial charge in [-0.1, -0.05) is 43.2 Å². The Kier molecular flexibility index (Phi) is 7.24. The summed E-state index contributed by atoms with van der Waals surface area (Å²) >= 11 is 0. The van der Waals surface area contributed by atoms with Crippen LogP contribution >= 0.6 is 0 Å². The molecular weight excluding hydrogens is 448 g/mol. The lowest BCUT2D eigenvalue weighted by atomic mass is 9.60. The minimum atomic E-state index is -1.02. The van der Waals surface area contributed by atoms with Crippen LogP contribution in [-0.4, -0.2) is 47.5 Å². The van der Waals surface area contributed by atoms with Crippen molar-refractivity contribution in [3.63, 3.8) is 0 Å². The summed E-state index contributed by atoms with van der Waals surface area (Å²) in [6.07, 6.45) is 4.30. The average molecular weight is 483 g/mol. The molecule has 3 unspecified atom stereocenters. The molecule has 1 fully saturated rings. The molecule has 0 aliphatic heterocycles. The average Bonchev–Trinajstić information content (AvgIpc) is 3.20. The van der Waals surface area contributed by atoms with Gasteiger partial charge in [0.15, 0.2) is 17.4 Å². The molecule has 0 aromatic heterocycles. The van der Waals surface area contributed by atoms with Crippen molar-refractivity contribution < 1.29 is 33.3 Å². The number of esters is 2. The maximum atomic E-state index is 12.7. The molecule has 2 aromatic rings. The van der Waals surface area contributed by atoms with Gasteiger partial charge in [0, 0.05) is 11.0 Å². The van der Waals surface area contributed by atoms with Gasteiger partial charge in [-0.3, -0.25) is 9.59 Å². The maximum absolute atomic E-state index is 12.7. The summed E-state index contributed by atoms with van der Waals surface area (Å²) in [4.78, 5) is 25.4. The van der Waals surface area contributed by atoms with Crippen LogP contribution in [0.3, 0.4) is 0 Å². The first-order valence-electron chi connectivity index (χ1n) is 12.0. The van der Waals surface area contributed by atoms with Crippen LogP contribution in [0, 0.1) is 11.8 Å². The molecule has 0 radical (unpaired) electrons. The van der Waals surface area contributed by atoms with Gasteiger partial charge in [0.2, 0.25) is 5.75 Å². The second-order valence-corrected chi connectivity index (χ2v) is 9.24. The van der Waals surface area contributed by atoms with Crippen LogP contribution in [0.2, 0.25) is 0 Å². The van der Waals surface area contributed by atoms with Gasteiger partial charge in [-0.2, -0.15) is 0 Å². The molecule has 0 heterocycles. The summed E-state index contributed by atoms with van der Waals surface area (Å²) in [5.74, 6) is -0.395. The molecule has 0 spiro atoms. The predicted octanol–water partition coefficient (Wildman–Crippen LogP) is 4.64. The van der Waals surface area contributed by atoms with Crippen LogP contribution in [0.4, 0.5) is 0 Å². The van der Waals surface area contributed by atoms with E-state index in [0.717, 1.165) is 36.8 Å². The molecule has 7 heteroatoms. The smallest absolute Gasteiger partial charge is 0.320 e. The van der Waals surface area contributed by atoms with Crippen LogP contribution in [0.25, 0.3) is 0 Å². The van der Waals surface area contributed by atoms with Crippen molar-refractivity contribution in [1.29, 1.82) is 0 Å². The molecular formula is C28H34O7. The van der Waals surface area contributed by atoms with Crippen LogP contribution in [0.5, 0.6) is 17.2 Å². The highest BCUT2D eigenvalue weighted by Crippen LogP contribution is 2.66. The van der Waals surface area contributed by atoms with Crippen LogP contribution in [0.1, 0.15) is 54.7 Å². The third-order valence-electron chi connectivity index (χ3n) is 7.91. The minimum absolute atomic E-state index is 0.109. The number of rotatable bonds is 8. The van der Waals surface area contributed by atoms with Crippen molar-refractivity contribution in [1.82, 2.24) is 0 Å². The third-order valence-corrected chi connectivity index (χ3v) is 7.91.